The molecule has 1 heterocycles. The predicted molar refractivity (Wildman–Crippen MR) is 158 cm³/mol. The molecular formula is C37H54O2. The lowest BCUT2D eigenvalue weighted by molar-refractivity contribution is -0.0192. The average Bonchev–Trinajstić information content (AvgIpc) is 3.63. The van der Waals surface area contributed by atoms with Crippen molar-refractivity contribution in [2.24, 2.45) is 40.9 Å². The van der Waals surface area contributed by atoms with Crippen LogP contribution in [0.5, 0.6) is 5.75 Å². The summed E-state index contributed by atoms with van der Waals surface area (Å²) >= 11 is 0. The van der Waals surface area contributed by atoms with Crippen LogP contribution in [0.1, 0.15) is 135 Å². The molecule has 8 bridgehead atoms. The molecule has 0 N–H and O–H groups in total. The van der Waals surface area contributed by atoms with Crippen molar-refractivity contribution in [2.75, 3.05) is 13.2 Å². The largest absolute Gasteiger partial charge is 0.490 e. The van der Waals surface area contributed by atoms with Gasteiger partial charge in [0, 0.05) is 11.0 Å². The van der Waals surface area contributed by atoms with E-state index in [1.165, 1.54) is 89.2 Å². The van der Waals surface area contributed by atoms with Crippen LogP contribution >= 0.6 is 0 Å². The molecule has 1 aromatic carbocycles. The standard InChI is InChI=1S/C37H54O2/c1-34(2,3)22-35(4,5)30-6-7-31(39-21-29-20-38-29)33(37-17-26-11-27(18-37)13-28(12-26)19-37)32(30)36-14-23-8-24(15-36)10-25(9-23)16-36/h6-7,23-29H,8-22H2,1-5H3. The van der Waals surface area contributed by atoms with Gasteiger partial charge in [-0.3, -0.25) is 0 Å². The van der Waals surface area contributed by atoms with E-state index in [9.17, 15) is 0 Å². The third-order valence-corrected chi connectivity index (χ3v) is 12.8. The molecule has 1 saturated heterocycles. The van der Waals surface area contributed by atoms with Crippen molar-refractivity contribution in [3.8, 4) is 5.75 Å². The van der Waals surface area contributed by atoms with Crippen LogP contribution in [0, 0.1) is 40.9 Å². The van der Waals surface area contributed by atoms with E-state index in [4.69, 9.17) is 9.47 Å². The molecule has 8 aliphatic carbocycles. The Hall–Kier alpha value is -1.02. The molecule has 0 spiro atoms. The van der Waals surface area contributed by atoms with E-state index in [-0.39, 0.29) is 5.41 Å². The second-order valence-electron chi connectivity index (χ2n) is 18.1. The van der Waals surface area contributed by atoms with Gasteiger partial charge in [-0.2, -0.15) is 0 Å². The summed E-state index contributed by atoms with van der Waals surface area (Å²) in [6.45, 7) is 14.1. The summed E-state index contributed by atoms with van der Waals surface area (Å²) in [7, 11) is 0. The van der Waals surface area contributed by atoms with E-state index in [1.807, 2.05) is 5.56 Å². The van der Waals surface area contributed by atoms with Crippen LogP contribution < -0.4 is 4.74 Å². The third kappa shape index (κ3) is 4.35. The summed E-state index contributed by atoms with van der Waals surface area (Å²) in [5.41, 5.74) is 6.51. The number of epoxide rings is 1. The lowest BCUT2D eigenvalue weighted by Gasteiger charge is -2.61. The molecule has 214 valence electrons. The fourth-order valence-electron chi connectivity index (χ4n) is 12.9. The van der Waals surface area contributed by atoms with Crippen molar-refractivity contribution in [3.63, 3.8) is 0 Å². The first-order chi connectivity index (χ1) is 18.5. The van der Waals surface area contributed by atoms with Gasteiger partial charge in [0.05, 0.1) is 6.61 Å². The second-order valence-corrected chi connectivity index (χ2v) is 18.1. The zero-order valence-electron chi connectivity index (χ0n) is 25.6. The fourth-order valence-corrected chi connectivity index (χ4v) is 12.9. The Balaban J connectivity index is 1.35. The molecule has 10 rings (SSSR count). The highest BCUT2D eigenvalue weighted by Gasteiger charge is 2.58. The van der Waals surface area contributed by atoms with Gasteiger partial charge in [0.2, 0.25) is 0 Å². The van der Waals surface area contributed by atoms with Gasteiger partial charge in [-0.05, 0) is 152 Å². The van der Waals surface area contributed by atoms with Crippen LogP contribution in [-0.4, -0.2) is 19.3 Å². The van der Waals surface area contributed by atoms with Crippen molar-refractivity contribution in [2.45, 2.75) is 140 Å². The van der Waals surface area contributed by atoms with Crippen molar-refractivity contribution in [3.05, 3.63) is 28.8 Å². The molecule has 2 nitrogen and oxygen atoms in total. The Labute approximate surface area is 238 Å². The van der Waals surface area contributed by atoms with Crippen LogP contribution in [0.2, 0.25) is 0 Å². The van der Waals surface area contributed by atoms with Crippen molar-refractivity contribution in [1.82, 2.24) is 0 Å². The van der Waals surface area contributed by atoms with Crippen LogP contribution in [-0.2, 0) is 21.0 Å². The maximum atomic E-state index is 6.90. The summed E-state index contributed by atoms with van der Waals surface area (Å²) in [4.78, 5) is 0. The first kappa shape index (κ1) is 25.7. The molecule has 1 aliphatic heterocycles. The molecule has 2 heteroatoms. The zero-order valence-corrected chi connectivity index (χ0v) is 25.6. The van der Waals surface area contributed by atoms with Gasteiger partial charge < -0.3 is 9.47 Å². The summed E-state index contributed by atoms with van der Waals surface area (Å²) in [6.07, 6.45) is 19.3. The summed E-state index contributed by atoms with van der Waals surface area (Å²) in [5, 5.41) is 0. The Bertz CT molecular complexity index is 1060. The normalized spacial score (nSPS) is 43.8. The van der Waals surface area contributed by atoms with Crippen molar-refractivity contribution >= 4 is 0 Å². The first-order valence-electron chi connectivity index (χ1n) is 16.9. The van der Waals surface area contributed by atoms with Crippen molar-refractivity contribution < 1.29 is 9.47 Å². The van der Waals surface area contributed by atoms with E-state index in [2.05, 4.69) is 46.8 Å². The monoisotopic (exact) mass is 530 g/mol. The molecule has 9 aliphatic rings. The Morgan fingerprint density at radius 2 is 1.13 bits per heavy atom. The van der Waals surface area contributed by atoms with Gasteiger partial charge in [-0.1, -0.05) is 40.7 Å². The molecule has 1 atom stereocenters. The van der Waals surface area contributed by atoms with E-state index in [0.717, 1.165) is 48.7 Å². The molecular weight excluding hydrogens is 476 g/mol. The fraction of sp³-hybridized carbons (Fsp3) is 0.838. The number of rotatable bonds is 7. The number of hydrogen-bond donors (Lipinski definition) is 0. The van der Waals surface area contributed by atoms with Crippen LogP contribution in [0.25, 0.3) is 0 Å². The van der Waals surface area contributed by atoms with Crippen LogP contribution in [0.15, 0.2) is 12.1 Å². The van der Waals surface area contributed by atoms with E-state index in [0.29, 0.717) is 22.3 Å². The van der Waals surface area contributed by atoms with Gasteiger partial charge in [-0.15, -0.1) is 0 Å². The molecule has 39 heavy (non-hydrogen) atoms. The smallest absolute Gasteiger partial charge is 0.123 e. The zero-order chi connectivity index (χ0) is 26.8. The average molecular weight is 531 g/mol. The Morgan fingerprint density at radius 3 is 1.54 bits per heavy atom. The molecule has 1 unspecified atom stereocenters. The lowest BCUT2D eigenvalue weighted by atomic mass is 9.43. The molecule has 1 aromatic rings. The second kappa shape index (κ2) is 8.52. The van der Waals surface area contributed by atoms with Crippen LogP contribution in [0.3, 0.4) is 0 Å². The molecule has 0 amide bonds. The molecule has 0 radical (unpaired) electrons. The number of ether oxygens (including phenoxy) is 2. The quantitative estimate of drug-likeness (QED) is 0.328. The van der Waals surface area contributed by atoms with Crippen LogP contribution in [0.4, 0.5) is 0 Å². The highest BCUT2D eigenvalue weighted by atomic mass is 16.6. The lowest BCUT2D eigenvalue weighted by Crippen LogP contribution is -2.53. The molecule has 0 aromatic heterocycles. The summed E-state index contributed by atoms with van der Waals surface area (Å²) in [6, 6.07) is 5.03. The number of hydrogen-bond acceptors (Lipinski definition) is 2. The van der Waals surface area contributed by atoms with E-state index in [1.54, 1.807) is 11.1 Å². The van der Waals surface area contributed by atoms with E-state index < -0.39 is 0 Å². The number of benzene rings is 1. The van der Waals surface area contributed by atoms with Gasteiger partial charge >= 0.3 is 0 Å². The first-order valence-corrected chi connectivity index (χ1v) is 16.9. The minimum Gasteiger partial charge on any atom is -0.490 e. The maximum absolute atomic E-state index is 6.90. The van der Waals surface area contributed by atoms with Gasteiger partial charge in [0.1, 0.15) is 18.5 Å². The summed E-state index contributed by atoms with van der Waals surface area (Å²) < 4.78 is 12.6. The minimum absolute atomic E-state index is 0.159. The predicted octanol–water partition coefficient (Wildman–Crippen LogP) is 9.11. The highest BCUT2D eigenvalue weighted by Crippen LogP contribution is 2.68. The van der Waals surface area contributed by atoms with Gasteiger partial charge in [0.25, 0.3) is 0 Å². The maximum Gasteiger partial charge on any atom is 0.123 e. The highest BCUT2D eigenvalue weighted by molar-refractivity contribution is 5.57. The minimum atomic E-state index is 0.159. The third-order valence-electron chi connectivity index (χ3n) is 12.8. The molecule has 9 fully saturated rings. The van der Waals surface area contributed by atoms with Gasteiger partial charge in [-0.25, -0.2) is 0 Å². The summed E-state index contributed by atoms with van der Waals surface area (Å²) in [5.74, 6) is 7.01. The Kier molecular flexibility index (Phi) is 5.61. The topological polar surface area (TPSA) is 21.8 Å². The SMILES string of the molecule is CC(C)(C)CC(C)(C)c1ccc(OCC2CO2)c(C23CC4CC(CC(C4)C2)C3)c1C12CC3CC(CC(C3)C1)C2. The molecule has 8 saturated carbocycles. The van der Waals surface area contributed by atoms with E-state index >= 15 is 0 Å². The Morgan fingerprint density at radius 1 is 0.692 bits per heavy atom. The van der Waals surface area contributed by atoms with Gasteiger partial charge in [0.15, 0.2) is 0 Å². The van der Waals surface area contributed by atoms with Crippen molar-refractivity contribution in [1.29, 1.82) is 0 Å².